The fourth-order valence-electron chi connectivity index (χ4n) is 6.91. The van der Waals surface area contributed by atoms with E-state index in [1.54, 1.807) is 6.07 Å². The first-order chi connectivity index (χ1) is 23.1. The van der Waals surface area contributed by atoms with E-state index in [1.807, 2.05) is 12.1 Å². The molecule has 5 N–H and O–H groups in total. The van der Waals surface area contributed by atoms with Gasteiger partial charge in [-0.15, -0.1) is 5.53 Å². The van der Waals surface area contributed by atoms with Crippen molar-refractivity contribution in [3.8, 4) is 6.07 Å². The van der Waals surface area contributed by atoms with Crippen LogP contribution in [0, 0.1) is 17.1 Å². The van der Waals surface area contributed by atoms with E-state index in [1.165, 1.54) is 23.9 Å². The number of piperidine rings is 1. The van der Waals surface area contributed by atoms with Crippen molar-refractivity contribution < 1.29 is 4.39 Å². The Morgan fingerprint density at radius 2 is 1.85 bits per heavy atom. The van der Waals surface area contributed by atoms with E-state index >= 15 is 0 Å². The van der Waals surface area contributed by atoms with Crippen LogP contribution in [-0.2, 0) is 6.42 Å². The summed E-state index contributed by atoms with van der Waals surface area (Å²) in [4.78, 5) is 7.06. The summed E-state index contributed by atoms with van der Waals surface area (Å²) in [5.74, 6) is -0.524. The monoisotopic (exact) mass is 685 g/mol. The van der Waals surface area contributed by atoms with Crippen molar-refractivity contribution in [2.75, 3.05) is 35.6 Å². The number of halogens is 3. The topological polar surface area (TPSA) is 103 Å². The number of likely N-dealkylation sites (tertiary alicyclic amines) is 1. The van der Waals surface area contributed by atoms with Gasteiger partial charge < -0.3 is 21.4 Å². The third-order valence-electron chi connectivity index (χ3n) is 9.48. The number of nitriles is 1. The van der Waals surface area contributed by atoms with Crippen LogP contribution in [0.4, 0.5) is 27.1 Å². The van der Waals surface area contributed by atoms with Gasteiger partial charge in [-0.3, -0.25) is 14.9 Å². The van der Waals surface area contributed by atoms with E-state index in [0.717, 1.165) is 61.5 Å². The lowest BCUT2D eigenvalue weighted by Gasteiger charge is -2.42. The molecule has 248 valence electrons. The van der Waals surface area contributed by atoms with Crippen LogP contribution in [0.25, 0.3) is 10.9 Å². The van der Waals surface area contributed by atoms with Gasteiger partial charge in [0.05, 0.1) is 38.6 Å². The molecule has 48 heavy (non-hydrogen) atoms. The Morgan fingerprint density at radius 1 is 1.06 bits per heavy atom. The van der Waals surface area contributed by atoms with Gasteiger partial charge in [0.2, 0.25) is 0 Å². The molecule has 9 nitrogen and oxygen atoms in total. The molecule has 1 fully saturated rings. The van der Waals surface area contributed by atoms with Gasteiger partial charge in [0.15, 0.2) is 0 Å². The molecule has 4 aromatic rings. The second-order valence-electron chi connectivity index (χ2n) is 13.5. The molecule has 1 saturated heterocycles. The Kier molecular flexibility index (Phi) is 8.73. The summed E-state index contributed by atoms with van der Waals surface area (Å²) in [6, 6.07) is 16.8. The summed E-state index contributed by atoms with van der Waals surface area (Å²) < 4.78 is 13.9. The number of aromatic nitrogens is 1. The molecule has 1 atom stereocenters. The SMILES string of the molecule is CC(C)(C)N1CCC(N2C=C([C@@H](Nc3cc(Cl)c4ncc(C#N)c(Nc5ccc(F)c(Cl)c5)c4c3)c3cccc4c3CCN4)NN2)CC1. The highest BCUT2D eigenvalue weighted by Gasteiger charge is 2.33. The van der Waals surface area contributed by atoms with Crippen molar-refractivity contribution >= 4 is 56.9 Å². The fraction of sp³-hybridized carbons (Fsp3) is 0.333. The van der Waals surface area contributed by atoms with E-state index in [-0.39, 0.29) is 16.6 Å². The van der Waals surface area contributed by atoms with Crippen molar-refractivity contribution in [3.63, 3.8) is 0 Å². The van der Waals surface area contributed by atoms with Gasteiger partial charge in [0.1, 0.15) is 11.9 Å². The van der Waals surface area contributed by atoms with E-state index in [0.29, 0.717) is 38.9 Å². The Labute approximate surface area is 290 Å². The number of nitrogens with zero attached hydrogens (tertiary/aromatic N) is 4. The average Bonchev–Trinajstić information content (AvgIpc) is 3.76. The molecule has 0 bridgehead atoms. The number of pyridine rings is 1. The van der Waals surface area contributed by atoms with Crippen LogP contribution in [0.3, 0.4) is 0 Å². The molecule has 0 unspecified atom stereocenters. The number of benzene rings is 3. The minimum absolute atomic E-state index is 0.0234. The standard InChI is InChI=1S/C36H38Cl2FN9/c1-36(2,3)47-13-10-24(11-14-47)48-20-32(45-46-48)35(26-5-4-6-31-25(26)9-12-41-31)44-23-15-27-33(43-22-7-8-30(39)28(37)16-22)21(18-40)19-42-34(27)29(38)17-23/h4-8,15-17,19-20,24,35,41,44-46H,9-14H2,1-3H3,(H,42,43)/t35-/m0/s1. The van der Waals surface area contributed by atoms with Crippen molar-refractivity contribution in [1.29, 1.82) is 5.26 Å². The Bertz CT molecular complexity index is 1940. The predicted octanol–water partition coefficient (Wildman–Crippen LogP) is 7.85. The Hall–Kier alpha value is -4.27. The molecule has 0 radical (unpaired) electrons. The number of hydrazine groups is 2. The molecular formula is C36H38Cl2FN9. The molecule has 12 heteroatoms. The van der Waals surface area contributed by atoms with Crippen molar-refractivity contribution in [3.05, 3.63) is 99.2 Å². The second-order valence-corrected chi connectivity index (χ2v) is 14.3. The van der Waals surface area contributed by atoms with Crippen LogP contribution in [-0.4, -0.2) is 46.1 Å². The molecule has 3 aliphatic rings. The molecule has 0 spiro atoms. The van der Waals surface area contributed by atoms with E-state index in [4.69, 9.17) is 23.2 Å². The highest BCUT2D eigenvalue weighted by molar-refractivity contribution is 6.36. The van der Waals surface area contributed by atoms with Gasteiger partial charge >= 0.3 is 0 Å². The lowest BCUT2D eigenvalue weighted by molar-refractivity contribution is 0.0570. The molecule has 0 aliphatic carbocycles. The quantitative estimate of drug-likeness (QED) is 0.133. The average molecular weight is 687 g/mol. The molecule has 0 amide bonds. The highest BCUT2D eigenvalue weighted by Crippen LogP contribution is 2.39. The number of rotatable bonds is 7. The number of nitrogens with one attached hydrogen (secondary N) is 5. The van der Waals surface area contributed by atoms with Gasteiger partial charge in [-0.25, -0.2) is 4.39 Å². The van der Waals surface area contributed by atoms with Crippen LogP contribution >= 0.6 is 23.2 Å². The normalized spacial score (nSPS) is 17.4. The lowest BCUT2D eigenvalue weighted by atomic mass is 9.95. The zero-order chi connectivity index (χ0) is 33.6. The van der Waals surface area contributed by atoms with Crippen molar-refractivity contribution in [2.45, 2.75) is 57.7 Å². The number of hydrogen-bond donors (Lipinski definition) is 5. The van der Waals surface area contributed by atoms with Crippen LogP contribution in [0.2, 0.25) is 10.0 Å². The number of fused-ring (bicyclic) bond motifs is 2. The first-order valence-corrected chi connectivity index (χ1v) is 17.0. The van der Waals surface area contributed by atoms with E-state index in [9.17, 15) is 9.65 Å². The van der Waals surface area contributed by atoms with Crippen molar-refractivity contribution in [2.24, 2.45) is 0 Å². The maximum atomic E-state index is 13.9. The van der Waals surface area contributed by atoms with Crippen LogP contribution in [0.5, 0.6) is 0 Å². The summed E-state index contributed by atoms with van der Waals surface area (Å²) in [7, 11) is 0. The van der Waals surface area contributed by atoms with Crippen LogP contribution in [0.1, 0.15) is 56.3 Å². The van der Waals surface area contributed by atoms with E-state index in [2.05, 4.69) is 93.0 Å². The summed E-state index contributed by atoms with van der Waals surface area (Å²) in [5, 5.41) is 23.8. The van der Waals surface area contributed by atoms with Gasteiger partial charge in [-0.05, 0) is 87.6 Å². The maximum Gasteiger partial charge on any atom is 0.141 e. The van der Waals surface area contributed by atoms with Gasteiger partial charge in [-0.1, -0.05) is 35.3 Å². The largest absolute Gasteiger partial charge is 0.384 e. The van der Waals surface area contributed by atoms with Crippen LogP contribution in [0.15, 0.2) is 66.6 Å². The maximum absolute atomic E-state index is 13.9. The molecular weight excluding hydrogens is 648 g/mol. The molecule has 0 saturated carbocycles. The lowest BCUT2D eigenvalue weighted by Crippen LogP contribution is -2.52. The van der Waals surface area contributed by atoms with Gasteiger partial charge in [-0.2, -0.15) is 5.26 Å². The first-order valence-electron chi connectivity index (χ1n) is 16.2. The minimum Gasteiger partial charge on any atom is -0.384 e. The predicted molar refractivity (Wildman–Crippen MR) is 192 cm³/mol. The molecule has 1 aromatic heterocycles. The van der Waals surface area contributed by atoms with Gasteiger partial charge in [0.25, 0.3) is 0 Å². The zero-order valence-corrected chi connectivity index (χ0v) is 28.6. The third kappa shape index (κ3) is 6.31. The molecule has 3 aliphatic heterocycles. The Morgan fingerprint density at radius 3 is 2.60 bits per heavy atom. The molecule has 4 heterocycles. The van der Waals surface area contributed by atoms with Gasteiger partial charge in [0, 0.05) is 66.1 Å². The molecule has 3 aromatic carbocycles. The summed E-state index contributed by atoms with van der Waals surface area (Å²) in [5.41, 5.74) is 14.2. The van der Waals surface area contributed by atoms with Crippen molar-refractivity contribution in [1.82, 2.24) is 25.9 Å². The summed E-state index contributed by atoms with van der Waals surface area (Å²) >= 11 is 13.0. The second kappa shape index (κ2) is 13.0. The number of hydrogen-bond acceptors (Lipinski definition) is 9. The fourth-order valence-corrected chi connectivity index (χ4v) is 7.36. The number of anilines is 4. The summed E-state index contributed by atoms with van der Waals surface area (Å²) in [6.45, 7) is 9.80. The summed E-state index contributed by atoms with van der Waals surface area (Å²) in [6.07, 6.45) is 6.70. The van der Waals surface area contributed by atoms with E-state index < -0.39 is 5.82 Å². The minimum atomic E-state index is -0.524. The zero-order valence-electron chi connectivity index (χ0n) is 27.1. The highest BCUT2D eigenvalue weighted by atomic mass is 35.5. The third-order valence-corrected chi connectivity index (χ3v) is 10.1. The smallest absolute Gasteiger partial charge is 0.141 e. The first kappa shape index (κ1) is 32.3. The molecule has 7 rings (SSSR count). The van der Waals surface area contributed by atoms with Crippen LogP contribution < -0.4 is 26.9 Å². The Balaban J connectivity index is 1.25.